The summed E-state index contributed by atoms with van der Waals surface area (Å²) < 4.78 is 57.9. The summed E-state index contributed by atoms with van der Waals surface area (Å²) >= 11 is 0. The zero-order valence-corrected chi connectivity index (χ0v) is 13.9. The molecule has 1 unspecified atom stereocenters. The highest BCUT2D eigenvalue weighted by atomic mass is 32.2. The number of sulfonamides is 1. The Morgan fingerprint density at radius 2 is 1.88 bits per heavy atom. The van der Waals surface area contributed by atoms with Gasteiger partial charge < -0.3 is 10.1 Å². The van der Waals surface area contributed by atoms with E-state index in [1.165, 1.54) is 12.1 Å². The average Bonchev–Trinajstić information content (AvgIpc) is 2.51. The fourth-order valence-corrected chi connectivity index (χ4v) is 2.79. The van der Waals surface area contributed by atoms with Crippen molar-refractivity contribution in [2.45, 2.75) is 17.9 Å². The van der Waals surface area contributed by atoms with Crippen LogP contribution in [0.4, 0.5) is 20.3 Å². The summed E-state index contributed by atoms with van der Waals surface area (Å²) in [5, 5.41) is 2.99. The summed E-state index contributed by atoms with van der Waals surface area (Å²) in [5.41, 5.74) is -0.205. The van der Waals surface area contributed by atoms with E-state index in [-0.39, 0.29) is 16.7 Å². The van der Waals surface area contributed by atoms with Gasteiger partial charge in [-0.05, 0) is 31.2 Å². The van der Waals surface area contributed by atoms with Crippen LogP contribution in [0.1, 0.15) is 6.92 Å². The third kappa shape index (κ3) is 4.87. The van der Waals surface area contributed by atoms with Crippen LogP contribution in [0.5, 0.6) is 0 Å². The number of hydrogen-bond acceptors (Lipinski definition) is 5. The Bertz CT molecular complexity index is 778. The third-order valence-electron chi connectivity index (χ3n) is 3.13. The molecule has 1 aromatic heterocycles. The van der Waals surface area contributed by atoms with Gasteiger partial charge >= 0.3 is 0 Å². The minimum Gasteiger partial charge on any atom is -0.380 e. The summed E-state index contributed by atoms with van der Waals surface area (Å²) in [4.78, 5) is 3.87. The van der Waals surface area contributed by atoms with Crippen LogP contribution in [0, 0.1) is 11.6 Å². The molecule has 1 heterocycles. The SMILES string of the molecule is COC(C)CNc1ccc(S(=O)(=O)Nc2cc(F)cc(F)c2)cn1. The van der Waals surface area contributed by atoms with Crippen molar-refractivity contribution in [2.24, 2.45) is 0 Å². The van der Waals surface area contributed by atoms with Gasteiger partial charge in [-0.25, -0.2) is 22.2 Å². The first-order valence-electron chi connectivity index (χ1n) is 7.02. The highest BCUT2D eigenvalue weighted by molar-refractivity contribution is 7.92. The van der Waals surface area contributed by atoms with Crippen LogP contribution in [-0.4, -0.2) is 33.2 Å². The second-order valence-electron chi connectivity index (χ2n) is 5.07. The van der Waals surface area contributed by atoms with Gasteiger partial charge in [0.1, 0.15) is 22.3 Å². The average molecular weight is 357 g/mol. The molecule has 0 saturated heterocycles. The summed E-state index contributed by atoms with van der Waals surface area (Å²) in [5.74, 6) is -1.27. The van der Waals surface area contributed by atoms with E-state index in [1.54, 1.807) is 7.11 Å². The van der Waals surface area contributed by atoms with Gasteiger partial charge in [0.2, 0.25) is 0 Å². The molecule has 0 fully saturated rings. The largest absolute Gasteiger partial charge is 0.380 e. The predicted molar refractivity (Wildman–Crippen MR) is 86.4 cm³/mol. The maximum absolute atomic E-state index is 13.1. The first kappa shape index (κ1) is 18.1. The van der Waals surface area contributed by atoms with Gasteiger partial charge in [0, 0.05) is 25.9 Å². The Balaban J connectivity index is 2.11. The van der Waals surface area contributed by atoms with Crippen LogP contribution in [0.3, 0.4) is 0 Å². The maximum Gasteiger partial charge on any atom is 0.263 e. The molecule has 0 spiro atoms. The van der Waals surface area contributed by atoms with Crippen molar-refractivity contribution >= 4 is 21.5 Å². The van der Waals surface area contributed by atoms with Gasteiger partial charge in [-0.1, -0.05) is 0 Å². The van der Waals surface area contributed by atoms with Gasteiger partial charge in [-0.15, -0.1) is 0 Å². The molecular weight excluding hydrogens is 340 g/mol. The van der Waals surface area contributed by atoms with Crippen LogP contribution < -0.4 is 10.0 Å². The molecule has 0 bridgehead atoms. The van der Waals surface area contributed by atoms with Crippen molar-refractivity contribution < 1.29 is 21.9 Å². The molecule has 2 N–H and O–H groups in total. The van der Waals surface area contributed by atoms with Crippen molar-refractivity contribution in [3.8, 4) is 0 Å². The van der Waals surface area contributed by atoms with Crippen molar-refractivity contribution in [2.75, 3.05) is 23.7 Å². The number of nitrogens with zero attached hydrogens (tertiary/aromatic N) is 1. The third-order valence-corrected chi connectivity index (χ3v) is 4.50. The van der Waals surface area contributed by atoms with Gasteiger partial charge in [0.25, 0.3) is 10.0 Å². The van der Waals surface area contributed by atoms with Gasteiger partial charge in [0.05, 0.1) is 11.8 Å². The molecule has 0 radical (unpaired) electrons. The Morgan fingerprint density at radius 3 is 2.42 bits per heavy atom. The highest BCUT2D eigenvalue weighted by Crippen LogP contribution is 2.18. The van der Waals surface area contributed by atoms with Gasteiger partial charge in [-0.3, -0.25) is 4.72 Å². The quantitative estimate of drug-likeness (QED) is 0.796. The number of anilines is 2. The molecule has 2 aromatic rings. The number of pyridine rings is 1. The molecule has 0 aliphatic rings. The van der Waals surface area contributed by atoms with E-state index in [1.807, 2.05) is 6.92 Å². The number of rotatable bonds is 7. The minimum atomic E-state index is -4.00. The Morgan fingerprint density at radius 1 is 1.21 bits per heavy atom. The number of aromatic nitrogens is 1. The predicted octanol–water partition coefficient (Wildman–Crippen LogP) is 2.61. The molecular formula is C15H17F2N3O3S. The van der Waals surface area contributed by atoms with Gasteiger partial charge in [0.15, 0.2) is 0 Å². The number of hydrogen-bond donors (Lipinski definition) is 2. The molecule has 0 amide bonds. The molecule has 24 heavy (non-hydrogen) atoms. The zero-order chi connectivity index (χ0) is 17.7. The molecule has 0 aliphatic heterocycles. The summed E-state index contributed by atoms with van der Waals surface area (Å²) in [6.45, 7) is 2.38. The van der Waals surface area contributed by atoms with Crippen LogP contribution in [0.2, 0.25) is 0 Å². The molecule has 1 atom stereocenters. The summed E-state index contributed by atoms with van der Waals surface area (Å²) in [6, 6.07) is 5.25. The molecule has 130 valence electrons. The van der Waals surface area contributed by atoms with Gasteiger partial charge in [-0.2, -0.15) is 0 Å². The lowest BCUT2D eigenvalue weighted by Crippen LogP contribution is -2.19. The fraction of sp³-hybridized carbons (Fsp3) is 0.267. The number of halogens is 2. The highest BCUT2D eigenvalue weighted by Gasteiger charge is 2.16. The van der Waals surface area contributed by atoms with E-state index in [0.717, 1.165) is 18.3 Å². The van der Waals surface area contributed by atoms with E-state index >= 15 is 0 Å². The smallest absolute Gasteiger partial charge is 0.263 e. The van der Waals surface area contributed by atoms with Crippen molar-refractivity contribution in [3.05, 3.63) is 48.2 Å². The fourth-order valence-electron chi connectivity index (χ4n) is 1.80. The maximum atomic E-state index is 13.1. The Hall–Kier alpha value is -2.26. The standard InChI is InChI=1S/C15H17F2N3O3S/c1-10(23-2)8-18-15-4-3-14(9-19-15)24(21,22)20-13-6-11(16)5-12(17)7-13/h3-7,9-10,20H,8H2,1-2H3,(H,18,19). The topological polar surface area (TPSA) is 80.3 Å². The molecule has 2 rings (SSSR count). The van der Waals surface area contributed by atoms with E-state index in [4.69, 9.17) is 4.74 Å². The van der Waals surface area contributed by atoms with Crippen molar-refractivity contribution in [1.29, 1.82) is 0 Å². The second-order valence-corrected chi connectivity index (χ2v) is 6.75. The minimum absolute atomic E-state index is 0.0280. The van der Waals surface area contributed by atoms with Crippen LogP contribution in [0.15, 0.2) is 41.4 Å². The van der Waals surface area contributed by atoms with E-state index < -0.39 is 21.7 Å². The molecule has 6 nitrogen and oxygen atoms in total. The number of ether oxygens (including phenoxy) is 1. The van der Waals surface area contributed by atoms with Crippen molar-refractivity contribution in [1.82, 2.24) is 4.98 Å². The number of nitrogens with one attached hydrogen (secondary N) is 2. The lowest BCUT2D eigenvalue weighted by molar-refractivity contribution is 0.128. The van der Waals surface area contributed by atoms with Crippen molar-refractivity contribution in [3.63, 3.8) is 0 Å². The van der Waals surface area contributed by atoms with Crippen LogP contribution >= 0.6 is 0 Å². The normalized spacial score (nSPS) is 12.7. The van der Waals surface area contributed by atoms with Crippen LogP contribution in [-0.2, 0) is 14.8 Å². The monoisotopic (exact) mass is 357 g/mol. The Labute approximate surface area is 138 Å². The molecule has 1 aromatic carbocycles. The zero-order valence-electron chi connectivity index (χ0n) is 13.1. The lowest BCUT2D eigenvalue weighted by Gasteiger charge is -2.12. The molecule has 9 heteroatoms. The van der Waals surface area contributed by atoms with E-state index in [9.17, 15) is 17.2 Å². The van der Waals surface area contributed by atoms with E-state index in [0.29, 0.717) is 18.4 Å². The summed E-state index contributed by atoms with van der Waals surface area (Å²) in [7, 11) is -2.42. The Kier molecular flexibility index (Phi) is 5.68. The van der Waals surface area contributed by atoms with E-state index in [2.05, 4.69) is 15.0 Å². The summed E-state index contributed by atoms with van der Waals surface area (Å²) in [6.07, 6.45) is 1.12. The first-order valence-corrected chi connectivity index (χ1v) is 8.50. The number of methoxy groups -OCH3 is 1. The number of benzene rings is 1. The first-order chi connectivity index (χ1) is 11.3. The molecule has 0 aliphatic carbocycles. The molecule has 0 saturated carbocycles. The van der Waals surface area contributed by atoms with Crippen LogP contribution in [0.25, 0.3) is 0 Å². The lowest BCUT2D eigenvalue weighted by atomic mass is 10.3. The second kappa shape index (κ2) is 7.54.